The first-order valence-electron chi connectivity index (χ1n) is 6.60. The van der Waals surface area contributed by atoms with Crippen LogP contribution in [-0.4, -0.2) is 16.5 Å². The molecule has 5 saturated carbocycles. The topological polar surface area (TPSA) is 9.23 Å². The molecule has 2 aliphatic heterocycles. The van der Waals surface area contributed by atoms with Crippen LogP contribution in [-0.2, 0) is 4.74 Å². The van der Waals surface area contributed by atoms with E-state index in [0.29, 0.717) is 16.5 Å². The molecule has 0 aromatic carbocycles. The van der Waals surface area contributed by atoms with E-state index in [0.717, 1.165) is 29.6 Å². The Morgan fingerprint density at radius 1 is 1.00 bits per heavy atom. The first-order valence-corrected chi connectivity index (χ1v) is 7.39. The van der Waals surface area contributed by atoms with Crippen molar-refractivity contribution in [2.75, 3.05) is 0 Å². The van der Waals surface area contributed by atoms with Crippen LogP contribution in [0.15, 0.2) is 0 Å². The first kappa shape index (κ1) is 8.52. The maximum absolute atomic E-state index is 6.29. The molecule has 82 valence electrons. The summed E-state index contributed by atoms with van der Waals surface area (Å²) < 4.78 is 6.81. The predicted octanol–water partition coefficient (Wildman–Crippen LogP) is 2.97. The molecule has 0 aromatic heterocycles. The molecule has 7 rings (SSSR count). The first-order chi connectivity index (χ1) is 7.25. The van der Waals surface area contributed by atoms with Crippen LogP contribution in [0.2, 0.25) is 0 Å². The molecular formula is C13H17BrO. The largest absolute Gasteiger partial charge is 0.374 e. The number of ether oxygens (including phenoxy) is 1. The van der Waals surface area contributed by atoms with Crippen molar-refractivity contribution in [2.24, 2.45) is 29.6 Å². The lowest BCUT2D eigenvalue weighted by Gasteiger charge is -2.72. The van der Waals surface area contributed by atoms with Gasteiger partial charge in [0.1, 0.15) is 0 Å². The second-order valence-corrected chi connectivity index (χ2v) is 8.18. The number of rotatable bonds is 0. The normalized spacial score (nSPS) is 73.0. The standard InChI is InChI=1S/C13H17BrO/c14-13-5-7-4-8-9-1-6(2-10(8)13)3-11(13)12(9)15-7/h6-12H,1-5H2. The van der Waals surface area contributed by atoms with Crippen LogP contribution < -0.4 is 0 Å². The van der Waals surface area contributed by atoms with Crippen LogP contribution in [0.1, 0.15) is 32.1 Å². The lowest BCUT2D eigenvalue weighted by molar-refractivity contribution is -0.274. The highest BCUT2D eigenvalue weighted by molar-refractivity contribution is 9.10. The molecule has 0 aromatic rings. The molecule has 8 bridgehead atoms. The number of halogens is 1. The second kappa shape index (κ2) is 2.33. The zero-order valence-electron chi connectivity index (χ0n) is 8.86. The van der Waals surface area contributed by atoms with Gasteiger partial charge in [-0.05, 0) is 55.8 Å². The van der Waals surface area contributed by atoms with Gasteiger partial charge in [-0.3, -0.25) is 0 Å². The smallest absolute Gasteiger partial charge is 0.0651 e. The van der Waals surface area contributed by atoms with Crippen molar-refractivity contribution in [1.82, 2.24) is 0 Å². The Morgan fingerprint density at radius 3 is 2.80 bits per heavy atom. The molecule has 2 saturated heterocycles. The van der Waals surface area contributed by atoms with Crippen molar-refractivity contribution in [3.63, 3.8) is 0 Å². The van der Waals surface area contributed by atoms with Gasteiger partial charge in [0.05, 0.1) is 12.2 Å². The summed E-state index contributed by atoms with van der Waals surface area (Å²) in [5.41, 5.74) is 0. The molecule has 8 unspecified atom stereocenters. The van der Waals surface area contributed by atoms with E-state index < -0.39 is 0 Å². The molecule has 5 aliphatic carbocycles. The third kappa shape index (κ3) is 0.782. The lowest BCUT2D eigenvalue weighted by Crippen LogP contribution is -2.72. The van der Waals surface area contributed by atoms with Crippen molar-refractivity contribution in [1.29, 1.82) is 0 Å². The van der Waals surface area contributed by atoms with Crippen LogP contribution in [0.4, 0.5) is 0 Å². The molecule has 0 radical (unpaired) electrons. The Morgan fingerprint density at radius 2 is 1.87 bits per heavy atom. The zero-order valence-corrected chi connectivity index (χ0v) is 10.4. The molecule has 15 heavy (non-hydrogen) atoms. The van der Waals surface area contributed by atoms with Gasteiger partial charge in [0.2, 0.25) is 0 Å². The van der Waals surface area contributed by atoms with Crippen LogP contribution in [0.5, 0.6) is 0 Å². The number of hydrogen-bond acceptors (Lipinski definition) is 1. The molecule has 0 spiro atoms. The SMILES string of the molecule is BrC12CC3CC4C5CC(CC41)CC2C5O3. The summed E-state index contributed by atoms with van der Waals surface area (Å²) >= 11 is 4.17. The Hall–Kier alpha value is 0.440. The predicted molar refractivity (Wildman–Crippen MR) is 60.9 cm³/mol. The molecule has 0 N–H and O–H groups in total. The van der Waals surface area contributed by atoms with Gasteiger partial charge in [-0.25, -0.2) is 0 Å². The Bertz CT molecular complexity index is 317. The van der Waals surface area contributed by atoms with Gasteiger partial charge < -0.3 is 4.74 Å². The third-order valence-electron chi connectivity index (χ3n) is 6.32. The fourth-order valence-electron chi connectivity index (χ4n) is 6.05. The molecule has 8 atom stereocenters. The van der Waals surface area contributed by atoms with Crippen molar-refractivity contribution >= 4 is 15.9 Å². The minimum absolute atomic E-state index is 0.511. The minimum Gasteiger partial charge on any atom is -0.374 e. The van der Waals surface area contributed by atoms with E-state index in [1.165, 1.54) is 32.1 Å². The second-order valence-electron chi connectivity index (χ2n) is 6.70. The van der Waals surface area contributed by atoms with Crippen molar-refractivity contribution < 1.29 is 4.74 Å². The van der Waals surface area contributed by atoms with Gasteiger partial charge in [0.25, 0.3) is 0 Å². The van der Waals surface area contributed by atoms with E-state index in [2.05, 4.69) is 15.9 Å². The quantitative estimate of drug-likeness (QED) is 0.614. The molecule has 2 heterocycles. The maximum atomic E-state index is 6.29. The van der Waals surface area contributed by atoms with Gasteiger partial charge in [0.15, 0.2) is 0 Å². The van der Waals surface area contributed by atoms with E-state index in [1.54, 1.807) is 0 Å². The van der Waals surface area contributed by atoms with Crippen LogP contribution in [0.3, 0.4) is 0 Å². The van der Waals surface area contributed by atoms with Crippen molar-refractivity contribution in [3.05, 3.63) is 0 Å². The van der Waals surface area contributed by atoms with E-state index in [4.69, 9.17) is 4.74 Å². The average molecular weight is 269 g/mol. The summed E-state index contributed by atoms with van der Waals surface area (Å²) in [6.07, 6.45) is 8.45. The number of hydrogen-bond donors (Lipinski definition) is 0. The van der Waals surface area contributed by atoms with E-state index in [-0.39, 0.29) is 0 Å². The van der Waals surface area contributed by atoms with Crippen LogP contribution >= 0.6 is 15.9 Å². The Kier molecular flexibility index (Phi) is 1.32. The molecule has 7 aliphatic rings. The van der Waals surface area contributed by atoms with E-state index in [9.17, 15) is 0 Å². The maximum Gasteiger partial charge on any atom is 0.0651 e. The Balaban J connectivity index is 1.73. The molecular weight excluding hydrogens is 252 g/mol. The number of alkyl halides is 1. The van der Waals surface area contributed by atoms with Gasteiger partial charge in [-0.15, -0.1) is 0 Å². The highest BCUT2D eigenvalue weighted by atomic mass is 79.9. The van der Waals surface area contributed by atoms with Crippen LogP contribution in [0, 0.1) is 29.6 Å². The van der Waals surface area contributed by atoms with E-state index in [1.807, 2.05) is 0 Å². The summed E-state index contributed by atoms with van der Waals surface area (Å²) in [7, 11) is 0. The lowest BCUT2D eigenvalue weighted by atomic mass is 9.42. The van der Waals surface area contributed by atoms with Gasteiger partial charge >= 0.3 is 0 Å². The van der Waals surface area contributed by atoms with E-state index >= 15 is 0 Å². The van der Waals surface area contributed by atoms with Crippen LogP contribution in [0.25, 0.3) is 0 Å². The van der Waals surface area contributed by atoms with Gasteiger partial charge in [0, 0.05) is 10.2 Å². The molecule has 1 nitrogen and oxygen atoms in total. The summed E-state index contributed by atoms with van der Waals surface area (Å²) in [4.78, 5) is 0. The van der Waals surface area contributed by atoms with Gasteiger partial charge in [-0.2, -0.15) is 0 Å². The Labute approximate surface area is 99.1 Å². The summed E-state index contributed by atoms with van der Waals surface area (Å²) in [6.45, 7) is 0. The van der Waals surface area contributed by atoms with Gasteiger partial charge in [-0.1, -0.05) is 15.9 Å². The molecule has 0 amide bonds. The fraction of sp³-hybridized carbons (Fsp3) is 1.00. The highest BCUT2D eigenvalue weighted by Gasteiger charge is 2.70. The third-order valence-corrected chi connectivity index (χ3v) is 7.82. The van der Waals surface area contributed by atoms with Crippen molar-refractivity contribution in [2.45, 2.75) is 48.6 Å². The molecule has 7 fully saturated rings. The average Bonchev–Trinajstić information content (AvgIpc) is 2.24. The molecule has 2 heteroatoms. The summed E-state index contributed by atoms with van der Waals surface area (Å²) in [6, 6.07) is 0. The van der Waals surface area contributed by atoms with Crippen molar-refractivity contribution in [3.8, 4) is 0 Å². The monoisotopic (exact) mass is 268 g/mol. The fourth-order valence-corrected chi connectivity index (χ4v) is 7.38. The summed E-state index contributed by atoms with van der Waals surface area (Å²) in [5.74, 6) is 4.91. The zero-order chi connectivity index (χ0) is 9.78. The summed E-state index contributed by atoms with van der Waals surface area (Å²) in [5, 5.41) is 0. The minimum atomic E-state index is 0.511. The highest BCUT2D eigenvalue weighted by Crippen LogP contribution is 2.71.